The predicted molar refractivity (Wildman–Crippen MR) is 79.3 cm³/mol. The van der Waals surface area contributed by atoms with Gasteiger partial charge in [-0.15, -0.1) is 0 Å². The molecule has 0 aliphatic heterocycles. The molecule has 110 valence electrons. The summed E-state index contributed by atoms with van der Waals surface area (Å²) >= 11 is 0. The van der Waals surface area contributed by atoms with Gasteiger partial charge in [0.1, 0.15) is 0 Å². The van der Waals surface area contributed by atoms with Crippen molar-refractivity contribution < 1.29 is 19.4 Å². The molecule has 0 saturated carbocycles. The zero-order valence-corrected chi connectivity index (χ0v) is 11.9. The highest BCUT2D eigenvalue weighted by Crippen LogP contribution is 2.18. The van der Waals surface area contributed by atoms with Gasteiger partial charge in [-0.1, -0.05) is 36.4 Å². The van der Waals surface area contributed by atoms with Gasteiger partial charge in [-0.05, 0) is 23.8 Å². The van der Waals surface area contributed by atoms with E-state index in [1.54, 1.807) is 19.1 Å². The summed E-state index contributed by atoms with van der Waals surface area (Å²) in [6, 6.07) is 11.7. The van der Waals surface area contributed by atoms with Crippen LogP contribution in [-0.4, -0.2) is 36.2 Å². The average Bonchev–Trinajstić information content (AvgIpc) is 2.50. The molecule has 1 amide bonds. The van der Waals surface area contributed by atoms with Crippen molar-refractivity contribution in [3.05, 3.63) is 48.0 Å². The monoisotopic (exact) mass is 287 g/mol. The number of ether oxygens (including phenoxy) is 1. The van der Waals surface area contributed by atoms with E-state index in [2.05, 4.69) is 5.32 Å². The van der Waals surface area contributed by atoms with Crippen molar-refractivity contribution in [1.29, 1.82) is 0 Å². The molecule has 2 aromatic carbocycles. The lowest BCUT2D eigenvalue weighted by atomic mass is 10.0. The third kappa shape index (κ3) is 3.20. The predicted octanol–water partition coefficient (Wildman–Crippen LogP) is 2.06. The van der Waals surface area contributed by atoms with Crippen LogP contribution in [0.3, 0.4) is 0 Å². The lowest BCUT2D eigenvalue weighted by Crippen LogP contribution is -2.48. The van der Waals surface area contributed by atoms with Gasteiger partial charge in [0.2, 0.25) is 0 Å². The number of benzene rings is 2. The van der Waals surface area contributed by atoms with E-state index in [0.717, 1.165) is 10.8 Å². The number of fused-ring (bicyclic) bond motifs is 1. The highest BCUT2D eigenvalue weighted by molar-refractivity contribution is 6.07. The SMILES string of the molecule is COC(C)C(NC(=O)c1cccc2ccccc12)C(=O)O. The van der Waals surface area contributed by atoms with Crippen molar-refractivity contribution in [3.8, 4) is 0 Å². The van der Waals surface area contributed by atoms with E-state index in [4.69, 9.17) is 4.74 Å². The number of nitrogens with one attached hydrogen (secondary N) is 1. The van der Waals surface area contributed by atoms with Gasteiger partial charge < -0.3 is 15.2 Å². The average molecular weight is 287 g/mol. The van der Waals surface area contributed by atoms with Crippen molar-refractivity contribution in [3.63, 3.8) is 0 Å². The molecule has 0 aliphatic carbocycles. The fraction of sp³-hybridized carbons (Fsp3) is 0.250. The Morgan fingerprint density at radius 2 is 1.81 bits per heavy atom. The van der Waals surface area contributed by atoms with Crippen LogP contribution < -0.4 is 5.32 Å². The Labute approximate surface area is 122 Å². The molecule has 0 aromatic heterocycles. The van der Waals surface area contributed by atoms with Crippen molar-refractivity contribution in [1.82, 2.24) is 5.32 Å². The van der Waals surface area contributed by atoms with E-state index in [0.29, 0.717) is 5.56 Å². The first-order chi connectivity index (χ1) is 10.0. The Hall–Kier alpha value is -2.40. The summed E-state index contributed by atoms with van der Waals surface area (Å²) in [6.07, 6.45) is -0.624. The van der Waals surface area contributed by atoms with E-state index in [-0.39, 0.29) is 0 Å². The summed E-state index contributed by atoms with van der Waals surface area (Å²) < 4.78 is 5.00. The highest BCUT2D eigenvalue weighted by atomic mass is 16.5. The standard InChI is InChI=1S/C16H17NO4/c1-10(21-2)14(16(19)20)17-15(18)13-9-5-7-11-6-3-4-8-12(11)13/h3-10,14H,1-2H3,(H,17,18)(H,19,20). The number of aliphatic carboxylic acids is 1. The van der Waals surface area contributed by atoms with Crippen LogP contribution in [0.4, 0.5) is 0 Å². The number of hydrogen-bond acceptors (Lipinski definition) is 3. The Bertz CT molecular complexity index is 663. The number of carboxylic acids is 1. The van der Waals surface area contributed by atoms with Crippen LogP contribution in [0.2, 0.25) is 0 Å². The number of carbonyl (C=O) groups is 2. The summed E-state index contributed by atoms with van der Waals surface area (Å²) in [7, 11) is 1.41. The Kier molecular flexibility index (Phi) is 4.55. The fourth-order valence-electron chi connectivity index (χ4n) is 2.16. The van der Waals surface area contributed by atoms with E-state index in [1.807, 2.05) is 30.3 Å². The number of methoxy groups -OCH3 is 1. The molecule has 5 nitrogen and oxygen atoms in total. The summed E-state index contributed by atoms with van der Waals surface area (Å²) in [4.78, 5) is 23.6. The minimum Gasteiger partial charge on any atom is -0.480 e. The van der Waals surface area contributed by atoms with Gasteiger partial charge in [-0.3, -0.25) is 4.79 Å². The smallest absolute Gasteiger partial charge is 0.328 e. The second kappa shape index (κ2) is 6.37. The Morgan fingerprint density at radius 3 is 2.48 bits per heavy atom. The molecule has 0 spiro atoms. The number of amides is 1. The molecule has 2 N–H and O–H groups in total. The minimum absolute atomic E-state index is 0.428. The van der Waals surface area contributed by atoms with Crippen molar-refractivity contribution in [2.45, 2.75) is 19.1 Å². The number of carboxylic acid groups (broad SMARTS) is 1. The molecule has 0 radical (unpaired) electrons. The molecular weight excluding hydrogens is 270 g/mol. The van der Waals surface area contributed by atoms with Crippen LogP contribution in [0.5, 0.6) is 0 Å². The third-order valence-electron chi connectivity index (χ3n) is 3.43. The number of rotatable bonds is 5. The first-order valence-electron chi connectivity index (χ1n) is 6.59. The van der Waals surface area contributed by atoms with Gasteiger partial charge in [0.15, 0.2) is 6.04 Å². The van der Waals surface area contributed by atoms with Crippen LogP contribution >= 0.6 is 0 Å². The molecule has 5 heteroatoms. The quantitative estimate of drug-likeness (QED) is 0.882. The molecule has 2 unspecified atom stereocenters. The minimum atomic E-state index is -1.13. The lowest BCUT2D eigenvalue weighted by molar-refractivity contribution is -0.142. The molecular formula is C16H17NO4. The molecule has 21 heavy (non-hydrogen) atoms. The van der Waals surface area contributed by atoms with Crippen LogP contribution in [0.1, 0.15) is 17.3 Å². The van der Waals surface area contributed by atoms with Gasteiger partial charge in [-0.2, -0.15) is 0 Å². The van der Waals surface area contributed by atoms with E-state index < -0.39 is 24.0 Å². The van der Waals surface area contributed by atoms with Gasteiger partial charge >= 0.3 is 5.97 Å². The van der Waals surface area contributed by atoms with E-state index in [1.165, 1.54) is 7.11 Å². The van der Waals surface area contributed by atoms with E-state index in [9.17, 15) is 14.7 Å². The molecule has 0 fully saturated rings. The molecule has 0 heterocycles. The second-order valence-corrected chi connectivity index (χ2v) is 4.76. The number of hydrogen-bond donors (Lipinski definition) is 2. The normalized spacial score (nSPS) is 13.6. The van der Waals surface area contributed by atoms with Crippen LogP contribution in [-0.2, 0) is 9.53 Å². The van der Waals surface area contributed by atoms with Gasteiger partial charge in [0.25, 0.3) is 5.91 Å². The molecule has 2 rings (SSSR count). The van der Waals surface area contributed by atoms with Crippen molar-refractivity contribution in [2.75, 3.05) is 7.11 Å². The third-order valence-corrected chi connectivity index (χ3v) is 3.43. The second-order valence-electron chi connectivity index (χ2n) is 4.76. The van der Waals surface area contributed by atoms with E-state index >= 15 is 0 Å². The number of carbonyl (C=O) groups excluding carboxylic acids is 1. The Balaban J connectivity index is 2.32. The maximum Gasteiger partial charge on any atom is 0.328 e. The molecule has 0 bridgehead atoms. The molecule has 0 aliphatic rings. The first-order valence-corrected chi connectivity index (χ1v) is 6.59. The van der Waals surface area contributed by atoms with Gasteiger partial charge in [-0.25, -0.2) is 4.79 Å². The van der Waals surface area contributed by atoms with Crippen molar-refractivity contribution in [2.24, 2.45) is 0 Å². The summed E-state index contributed by atoms with van der Waals surface area (Å²) in [5, 5.41) is 13.4. The zero-order valence-electron chi connectivity index (χ0n) is 11.9. The molecule has 2 atom stereocenters. The summed E-state index contributed by atoms with van der Waals surface area (Å²) in [5.41, 5.74) is 0.447. The fourth-order valence-corrected chi connectivity index (χ4v) is 2.16. The molecule has 0 saturated heterocycles. The summed E-state index contributed by atoms with van der Waals surface area (Å²) in [5.74, 6) is -1.55. The highest BCUT2D eigenvalue weighted by Gasteiger charge is 2.27. The van der Waals surface area contributed by atoms with Crippen molar-refractivity contribution >= 4 is 22.6 Å². The van der Waals surface area contributed by atoms with Crippen LogP contribution in [0.15, 0.2) is 42.5 Å². The topological polar surface area (TPSA) is 75.6 Å². The molecule has 2 aromatic rings. The van der Waals surface area contributed by atoms with Crippen LogP contribution in [0, 0.1) is 0 Å². The first kappa shape index (κ1) is 15.0. The maximum absolute atomic E-state index is 12.4. The summed E-state index contributed by atoms with van der Waals surface area (Å²) in [6.45, 7) is 1.60. The maximum atomic E-state index is 12.4. The zero-order chi connectivity index (χ0) is 15.4. The lowest BCUT2D eigenvalue weighted by Gasteiger charge is -2.20. The van der Waals surface area contributed by atoms with Gasteiger partial charge in [0.05, 0.1) is 6.10 Å². The Morgan fingerprint density at radius 1 is 1.14 bits per heavy atom. The van der Waals surface area contributed by atoms with Crippen LogP contribution in [0.25, 0.3) is 10.8 Å². The largest absolute Gasteiger partial charge is 0.480 e. The van der Waals surface area contributed by atoms with Gasteiger partial charge in [0, 0.05) is 12.7 Å².